The predicted octanol–water partition coefficient (Wildman–Crippen LogP) is 5.52. The first-order valence-electron chi connectivity index (χ1n) is 10.8. The summed E-state index contributed by atoms with van der Waals surface area (Å²) in [5.74, 6) is -0.338. The molecule has 0 unspecified atom stereocenters. The third-order valence-corrected chi connectivity index (χ3v) is 7.76. The maximum atomic E-state index is 12.8. The zero-order valence-electron chi connectivity index (χ0n) is 19.4. The largest absolute Gasteiger partial charge is 0.322 e. The molecule has 0 fully saturated rings. The summed E-state index contributed by atoms with van der Waals surface area (Å²) in [4.78, 5) is 25.0. The number of sulfonamides is 1. The fourth-order valence-corrected chi connectivity index (χ4v) is 5.81. The van der Waals surface area contributed by atoms with Gasteiger partial charge >= 0.3 is 4.87 Å². The van der Waals surface area contributed by atoms with Crippen molar-refractivity contribution < 1.29 is 13.2 Å². The van der Waals surface area contributed by atoms with Gasteiger partial charge in [-0.1, -0.05) is 35.1 Å². The van der Waals surface area contributed by atoms with Crippen molar-refractivity contribution in [2.45, 2.75) is 26.4 Å². The van der Waals surface area contributed by atoms with Crippen molar-refractivity contribution in [3.63, 3.8) is 0 Å². The lowest BCUT2D eigenvalue weighted by atomic mass is 10.1. The Morgan fingerprint density at radius 2 is 1.71 bits per heavy atom. The molecule has 0 radical (unpaired) electrons. The number of carbonyl (C=O) groups is 1. The summed E-state index contributed by atoms with van der Waals surface area (Å²) in [6.07, 6.45) is 1.14. The van der Waals surface area contributed by atoms with E-state index < -0.39 is 10.0 Å². The van der Waals surface area contributed by atoms with E-state index in [0.717, 1.165) is 33.4 Å². The molecule has 0 aliphatic rings. The van der Waals surface area contributed by atoms with Crippen LogP contribution in [0.2, 0.25) is 5.02 Å². The van der Waals surface area contributed by atoms with Gasteiger partial charge < -0.3 is 5.32 Å². The second-order valence-corrected chi connectivity index (χ2v) is 11.7. The fraction of sp³-hybridized carbons (Fsp3) is 0.200. The highest BCUT2D eigenvalue weighted by Crippen LogP contribution is 2.25. The van der Waals surface area contributed by atoms with E-state index in [4.69, 9.17) is 11.6 Å². The number of halogens is 1. The average molecular weight is 530 g/mol. The second kappa shape index (κ2) is 9.85. The van der Waals surface area contributed by atoms with E-state index in [1.165, 1.54) is 4.31 Å². The van der Waals surface area contributed by atoms with Crippen LogP contribution in [-0.2, 0) is 16.6 Å². The molecule has 35 heavy (non-hydrogen) atoms. The molecule has 0 aliphatic heterocycles. The van der Waals surface area contributed by atoms with Crippen LogP contribution in [-0.4, -0.2) is 25.1 Å². The van der Waals surface area contributed by atoms with Crippen LogP contribution in [0.3, 0.4) is 0 Å². The first-order chi connectivity index (χ1) is 16.5. The molecule has 4 rings (SSSR count). The van der Waals surface area contributed by atoms with E-state index in [2.05, 4.69) is 5.32 Å². The highest BCUT2D eigenvalue weighted by atomic mass is 35.5. The second-order valence-electron chi connectivity index (χ2n) is 8.41. The van der Waals surface area contributed by atoms with E-state index in [-0.39, 0.29) is 23.4 Å². The minimum absolute atomic E-state index is 0.0388. The van der Waals surface area contributed by atoms with Crippen LogP contribution in [0.25, 0.3) is 10.2 Å². The van der Waals surface area contributed by atoms with Crippen molar-refractivity contribution in [1.29, 1.82) is 0 Å². The highest BCUT2D eigenvalue weighted by molar-refractivity contribution is 7.92. The Morgan fingerprint density at radius 3 is 2.31 bits per heavy atom. The smallest absolute Gasteiger partial charge is 0.308 e. The van der Waals surface area contributed by atoms with Crippen molar-refractivity contribution in [3.05, 3.63) is 92.5 Å². The summed E-state index contributed by atoms with van der Waals surface area (Å²) in [5.41, 5.74) is 3.01. The topological polar surface area (TPSA) is 88.5 Å². The zero-order chi connectivity index (χ0) is 25.3. The lowest BCUT2D eigenvalue weighted by Crippen LogP contribution is -2.29. The Kier molecular flexibility index (Phi) is 7.02. The van der Waals surface area contributed by atoms with Gasteiger partial charge in [0.15, 0.2) is 0 Å². The normalized spacial score (nSPS) is 11.7. The summed E-state index contributed by atoms with van der Waals surface area (Å²) in [6, 6.07) is 18.7. The maximum Gasteiger partial charge on any atom is 0.308 e. The number of benzene rings is 3. The number of fused-ring (bicyclic) bond motifs is 1. The third kappa shape index (κ3) is 5.58. The van der Waals surface area contributed by atoms with E-state index in [0.29, 0.717) is 22.0 Å². The van der Waals surface area contributed by atoms with Crippen molar-refractivity contribution >= 4 is 60.5 Å². The van der Waals surface area contributed by atoms with Crippen molar-refractivity contribution in [2.24, 2.45) is 0 Å². The van der Waals surface area contributed by atoms with E-state index >= 15 is 0 Å². The maximum absolute atomic E-state index is 12.8. The lowest BCUT2D eigenvalue weighted by Gasteiger charge is -2.23. The van der Waals surface area contributed by atoms with Gasteiger partial charge in [0.2, 0.25) is 10.0 Å². The van der Waals surface area contributed by atoms with Crippen LogP contribution in [0.4, 0.5) is 11.4 Å². The number of nitrogens with zero attached hydrogens (tertiary/aromatic N) is 2. The van der Waals surface area contributed by atoms with Crippen LogP contribution >= 0.6 is 22.9 Å². The molecule has 4 aromatic rings. The molecular weight excluding hydrogens is 506 g/mol. The molecule has 1 amide bonds. The van der Waals surface area contributed by atoms with Gasteiger partial charge in [-0.05, 0) is 74.0 Å². The first kappa shape index (κ1) is 25.0. The van der Waals surface area contributed by atoms with Gasteiger partial charge in [-0.3, -0.25) is 18.5 Å². The van der Waals surface area contributed by atoms with Gasteiger partial charge in [-0.15, -0.1) is 0 Å². The standard InChI is InChI=1S/C25H24ClN3O4S2/c1-16(2)29-22-13-10-20(14-23(22)34-25(29)31)27-24(30)18-6-11-21(12-7-18)28(35(3,32)33)15-17-4-8-19(26)9-5-17/h4-14,16H,15H2,1-3H3,(H,27,30). The minimum atomic E-state index is -3.56. The van der Waals surface area contributed by atoms with Crippen LogP contribution in [0.15, 0.2) is 71.5 Å². The molecule has 1 heterocycles. The minimum Gasteiger partial charge on any atom is -0.322 e. The van der Waals surface area contributed by atoms with Crippen molar-refractivity contribution in [2.75, 3.05) is 15.9 Å². The summed E-state index contributed by atoms with van der Waals surface area (Å²) >= 11 is 7.06. The summed E-state index contributed by atoms with van der Waals surface area (Å²) in [7, 11) is -3.56. The number of thiazole rings is 1. The highest BCUT2D eigenvalue weighted by Gasteiger charge is 2.19. The summed E-state index contributed by atoms with van der Waals surface area (Å²) < 4.78 is 28.7. The number of aromatic nitrogens is 1. The Bertz CT molecular complexity index is 1540. The number of nitrogens with one attached hydrogen (secondary N) is 1. The van der Waals surface area contributed by atoms with Crippen molar-refractivity contribution in [3.8, 4) is 0 Å². The van der Waals surface area contributed by atoms with E-state index in [1.54, 1.807) is 65.2 Å². The molecule has 0 atom stereocenters. The van der Waals surface area contributed by atoms with Crippen LogP contribution in [0.1, 0.15) is 35.8 Å². The summed E-state index contributed by atoms with van der Waals surface area (Å²) in [6.45, 7) is 4.04. The Hall–Kier alpha value is -3.14. The number of rotatable bonds is 7. The zero-order valence-corrected chi connectivity index (χ0v) is 21.7. The van der Waals surface area contributed by atoms with E-state index in [9.17, 15) is 18.0 Å². The Balaban J connectivity index is 1.53. The average Bonchev–Trinajstić information content (AvgIpc) is 3.13. The first-order valence-corrected chi connectivity index (χ1v) is 13.9. The molecule has 0 saturated heterocycles. The number of carbonyl (C=O) groups excluding carboxylic acids is 1. The Morgan fingerprint density at radius 1 is 1.06 bits per heavy atom. The number of anilines is 2. The van der Waals surface area contributed by atoms with Gasteiger partial charge in [-0.2, -0.15) is 0 Å². The number of hydrogen-bond donors (Lipinski definition) is 1. The molecule has 7 nitrogen and oxygen atoms in total. The molecule has 0 spiro atoms. The van der Waals surface area contributed by atoms with Crippen molar-refractivity contribution in [1.82, 2.24) is 4.57 Å². The molecule has 10 heteroatoms. The lowest BCUT2D eigenvalue weighted by molar-refractivity contribution is 0.102. The SMILES string of the molecule is CC(C)n1c(=O)sc2cc(NC(=O)c3ccc(N(Cc4ccc(Cl)cc4)S(C)(=O)=O)cc3)ccc21. The van der Waals surface area contributed by atoms with Gasteiger partial charge in [0.1, 0.15) is 0 Å². The molecule has 0 saturated carbocycles. The van der Waals surface area contributed by atoms with Crippen LogP contribution in [0.5, 0.6) is 0 Å². The van der Waals surface area contributed by atoms with E-state index in [1.807, 2.05) is 19.9 Å². The number of hydrogen-bond acceptors (Lipinski definition) is 5. The molecule has 182 valence electrons. The quantitative estimate of drug-likeness (QED) is 0.341. The summed E-state index contributed by atoms with van der Waals surface area (Å²) in [5, 5.41) is 3.41. The van der Waals surface area contributed by atoms with Crippen LogP contribution < -0.4 is 14.5 Å². The molecule has 0 aliphatic carbocycles. The predicted molar refractivity (Wildman–Crippen MR) is 143 cm³/mol. The molecule has 1 aromatic heterocycles. The molecule has 3 aromatic carbocycles. The molecule has 1 N–H and O–H groups in total. The Labute approximate surface area is 212 Å². The fourth-order valence-electron chi connectivity index (χ4n) is 3.74. The monoisotopic (exact) mass is 529 g/mol. The van der Waals surface area contributed by atoms with Gasteiger partial charge in [-0.25, -0.2) is 8.42 Å². The van der Waals surface area contributed by atoms with Gasteiger partial charge in [0.05, 0.1) is 28.7 Å². The van der Waals surface area contributed by atoms with Gasteiger partial charge in [0.25, 0.3) is 5.91 Å². The molecule has 0 bridgehead atoms. The number of amides is 1. The van der Waals surface area contributed by atoms with Gasteiger partial charge in [0, 0.05) is 22.3 Å². The molecular formula is C25H24ClN3O4S2. The van der Waals surface area contributed by atoms with Crippen LogP contribution in [0, 0.1) is 0 Å². The third-order valence-electron chi connectivity index (χ3n) is 5.44.